The van der Waals surface area contributed by atoms with Gasteiger partial charge in [-0.05, 0) is 37.3 Å². The van der Waals surface area contributed by atoms with Crippen molar-refractivity contribution in [2.75, 3.05) is 7.11 Å². The Balaban J connectivity index is 1.82. The van der Waals surface area contributed by atoms with Crippen molar-refractivity contribution in [2.24, 2.45) is 5.14 Å². The van der Waals surface area contributed by atoms with E-state index in [1.807, 2.05) is 18.2 Å². The zero-order valence-corrected chi connectivity index (χ0v) is 15.8. The van der Waals surface area contributed by atoms with Crippen LogP contribution < -0.4 is 9.88 Å². The number of carbonyl (C=O) groups is 1. The number of hydrogen-bond acceptors (Lipinski definition) is 8. The number of rotatable bonds is 6. The van der Waals surface area contributed by atoms with Gasteiger partial charge in [-0.3, -0.25) is 0 Å². The second-order valence-electron chi connectivity index (χ2n) is 5.77. The summed E-state index contributed by atoms with van der Waals surface area (Å²) < 4.78 is 39.1. The van der Waals surface area contributed by atoms with Gasteiger partial charge in [0, 0.05) is 5.56 Å². The van der Waals surface area contributed by atoms with Crippen molar-refractivity contribution < 1.29 is 27.1 Å². The maximum absolute atomic E-state index is 12.5. The molecule has 1 aromatic heterocycles. The third kappa shape index (κ3) is 4.18. The van der Waals surface area contributed by atoms with Crippen molar-refractivity contribution in [2.45, 2.75) is 17.9 Å². The molecule has 0 amide bonds. The molecule has 2 N–H and O–H groups in total. The number of aromatic nitrogens is 2. The molecule has 0 bridgehead atoms. The maximum Gasteiger partial charge on any atom is 0.342 e. The largest absolute Gasteiger partial charge is 0.496 e. The first-order valence-electron chi connectivity index (χ1n) is 8.10. The highest BCUT2D eigenvalue weighted by atomic mass is 32.2. The van der Waals surface area contributed by atoms with Gasteiger partial charge in [-0.1, -0.05) is 18.2 Å². The molecule has 2 aromatic carbocycles. The molecular weight excluding hydrogens is 386 g/mol. The molecule has 0 saturated heterocycles. The van der Waals surface area contributed by atoms with Crippen molar-refractivity contribution in [3.63, 3.8) is 0 Å². The third-order valence-corrected chi connectivity index (χ3v) is 4.72. The highest BCUT2D eigenvalue weighted by Crippen LogP contribution is 2.26. The summed E-state index contributed by atoms with van der Waals surface area (Å²) in [5, 5.41) is 13.0. The van der Waals surface area contributed by atoms with Crippen molar-refractivity contribution in [1.82, 2.24) is 10.2 Å². The molecule has 0 fully saturated rings. The standard InChI is InChI=1S/C18H17N3O6S/c1-11(16-20-21-17(27-16)12-6-4-3-5-7-12)26-18(22)14-10-13(28(19,23)24)8-9-15(14)25-2/h3-11H,1-2H3,(H2,19,23,24). The summed E-state index contributed by atoms with van der Waals surface area (Å²) in [5.74, 6) is -0.310. The van der Waals surface area contributed by atoms with Crippen molar-refractivity contribution in [1.29, 1.82) is 0 Å². The smallest absolute Gasteiger partial charge is 0.342 e. The molecule has 0 saturated carbocycles. The lowest BCUT2D eigenvalue weighted by atomic mass is 10.2. The number of sulfonamides is 1. The molecule has 0 aliphatic carbocycles. The summed E-state index contributed by atoms with van der Waals surface area (Å²) in [5.41, 5.74) is 0.631. The summed E-state index contributed by atoms with van der Waals surface area (Å²) in [6.45, 7) is 1.55. The number of ether oxygens (including phenoxy) is 2. The molecule has 0 aliphatic heterocycles. The Hall–Kier alpha value is -3.24. The van der Waals surface area contributed by atoms with Gasteiger partial charge in [-0.25, -0.2) is 18.4 Å². The minimum atomic E-state index is -4.00. The predicted molar refractivity (Wildman–Crippen MR) is 97.9 cm³/mol. The van der Waals surface area contributed by atoms with Crippen LogP contribution in [0, 0.1) is 0 Å². The molecular formula is C18H17N3O6S. The van der Waals surface area contributed by atoms with E-state index in [9.17, 15) is 13.2 Å². The number of esters is 1. The van der Waals surface area contributed by atoms with Crippen LogP contribution in [-0.4, -0.2) is 31.7 Å². The first kappa shape index (κ1) is 19.5. The summed E-state index contributed by atoms with van der Waals surface area (Å²) in [6.07, 6.45) is -0.875. The summed E-state index contributed by atoms with van der Waals surface area (Å²) >= 11 is 0. The molecule has 28 heavy (non-hydrogen) atoms. The van der Waals surface area contributed by atoms with E-state index in [0.717, 1.165) is 11.6 Å². The molecule has 9 nitrogen and oxygen atoms in total. The van der Waals surface area contributed by atoms with Crippen LogP contribution in [0.4, 0.5) is 0 Å². The maximum atomic E-state index is 12.5. The first-order valence-corrected chi connectivity index (χ1v) is 9.65. The number of nitrogens with two attached hydrogens (primary N) is 1. The van der Waals surface area contributed by atoms with E-state index in [1.54, 1.807) is 19.1 Å². The normalized spacial score (nSPS) is 12.4. The Bertz CT molecular complexity index is 1100. The van der Waals surface area contributed by atoms with Crippen molar-refractivity contribution in [3.05, 3.63) is 60.0 Å². The monoisotopic (exact) mass is 403 g/mol. The van der Waals surface area contributed by atoms with Crippen LogP contribution in [0.15, 0.2) is 57.8 Å². The Labute approximate surface area is 161 Å². The molecule has 1 unspecified atom stereocenters. The van der Waals surface area contributed by atoms with Gasteiger partial charge in [0.05, 0.1) is 12.0 Å². The van der Waals surface area contributed by atoms with Crippen LogP contribution in [-0.2, 0) is 14.8 Å². The van der Waals surface area contributed by atoms with Crippen LogP contribution in [0.3, 0.4) is 0 Å². The second kappa shape index (κ2) is 7.79. The van der Waals surface area contributed by atoms with Gasteiger partial charge < -0.3 is 13.9 Å². The minimum Gasteiger partial charge on any atom is -0.496 e. The summed E-state index contributed by atoms with van der Waals surface area (Å²) in [7, 11) is -2.65. The van der Waals surface area contributed by atoms with Crippen LogP contribution in [0.1, 0.15) is 29.3 Å². The third-order valence-electron chi connectivity index (χ3n) is 3.81. The average molecular weight is 403 g/mol. The summed E-state index contributed by atoms with van der Waals surface area (Å²) in [6, 6.07) is 12.8. The number of nitrogens with zero attached hydrogens (tertiary/aromatic N) is 2. The van der Waals surface area contributed by atoms with E-state index in [2.05, 4.69) is 10.2 Å². The lowest BCUT2D eigenvalue weighted by Gasteiger charge is -2.12. The van der Waals surface area contributed by atoms with Gasteiger partial charge in [-0.15, -0.1) is 10.2 Å². The molecule has 3 aromatic rings. The molecule has 1 heterocycles. The zero-order chi connectivity index (χ0) is 20.3. The van der Waals surface area contributed by atoms with Crippen LogP contribution >= 0.6 is 0 Å². The van der Waals surface area contributed by atoms with E-state index in [0.29, 0.717) is 0 Å². The Morgan fingerprint density at radius 2 is 1.86 bits per heavy atom. The predicted octanol–water partition coefficient (Wildman–Crippen LogP) is 2.31. The Kier molecular flexibility index (Phi) is 5.43. The molecule has 0 aliphatic rings. The average Bonchev–Trinajstić information content (AvgIpc) is 3.18. The van der Waals surface area contributed by atoms with Gasteiger partial charge in [0.15, 0.2) is 6.10 Å². The number of hydrogen-bond donors (Lipinski definition) is 1. The molecule has 0 spiro atoms. The first-order chi connectivity index (χ1) is 13.3. The SMILES string of the molecule is COc1ccc(S(N)(=O)=O)cc1C(=O)OC(C)c1nnc(-c2ccccc2)o1. The van der Waals surface area contributed by atoms with Gasteiger partial charge in [0.2, 0.25) is 15.9 Å². The van der Waals surface area contributed by atoms with Crippen molar-refractivity contribution in [3.8, 4) is 17.2 Å². The van der Waals surface area contributed by atoms with E-state index < -0.39 is 22.1 Å². The molecule has 146 valence electrons. The lowest BCUT2D eigenvalue weighted by Crippen LogP contribution is -2.15. The van der Waals surface area contributed by atoms with E-state index in [1.165, 1.54) is 19.2 Å². The van der Waals surface area contributed by atoms with Gasteiger partial charge in [-0.2, -0.15) is 0 Å². The highest BCUT2D eigenvalue weighted by Gasteiger charge is 2.23. The molecule has 3 rings (SSSR count). The highest BCUT2D eigenvalue weighted by molar-refractivity contribution is 7.89. The van der Waals surface area contributed by atoms with E-state index in [4.69, 9.17) is 19.0 Å². The lowest BCUT2D eigenvalue weighted by molar-refractivity contribution is 0.0276. The fourth-order valence-electron chi connectivity index (χ4n) is 2.39. The number of carbonyl (C=O) groups excluding carboxylic acids is 1. The van der Waals surface area contributed by atoms with Crippen LogP contribution in [0.25, 0.3) is 11.5 Å². The van der Waals surface area contributed by atoms with Crippen molar-refractivity contribution >= 4 is 16.0 Å². The van der Waals surface area contributed by atoms with Gasteiger partial charge >= 0.3 is 5.97 Å². The van der Waals surface area contributed by atoms with Crippen LogP contribution in [0.2, 0.25) is 0 Å². The number of methoxy groups -OCH3 is 1. The number of benzene rings is 2. The molecule has 1 atom stereocenters. The Morgan fingerprint density at radius 1 is 1.14 bits per heavy atom. The summed E-state index contributed by atoms with van der Waals surface area (Å²) in [4.78, 5) is 12.3. The topological polar surface area (TPSA) is 135 Å². The zero-order valence-electron chi connectivity index (χ0n) is 15.0. The van der Waals surface area contributed by atoms with E-state index in [-0.39, 0.29) is 28.0 Å². The Morgan fingerprint density at radius 3 is 2.50 bits per heavy atom. The quantitative estimate of drug-likeness (QED) is 0.620. The minimum absolute atomic E-state index is 0.0915. The number of primary sulfonamides is 1. The molecule has 0 radical (unpaired) electrons. The fourth-order valence-corrected chi connectivity index (χ4v) is 2.93. The molecule has 10 heteroatoms. The van der Waals surface area contributed by atoms with Gasteiger partial charge in [0.1, 0.15) is 11.3 Å². The van der Waals surface area contributed by atoms with E-state index >= 15 is 0 Å². The van der Waals surface area contributed by atoms with Gasteiger partial charge in [0.25, 0.3) is 5.89 Å². The van der Waals surface area contributed by atoms with Crippen LogP contribution in [0.5, 0.6) is 5.75 Å². The second-order valence-corrected chi connectivity index (χ2v) is 7.33. The fraction of sp³-hybridized carbons (Fsp3) is 0.167.